The van der Waals surface area contributed by atoms with Crippen LogP contribution < -0.4 is 5.73 Å². The minimum absolute atomic E-state index is 0.0276. The van der Waals surface area contributed by atoms with Gasteiger partial charge in [0.05, 0.1) is 17.4 Å². The van der Waals surface area contributed by atoms with E-state index in [1.54, 1.807) is 18.7 Å². The van der Waals surface area contributed by atoms with Crippen LogP contribution in [0, 0.1) is 6.92 Å². The molecule has 2 aromatic rings. The van der Waals surface area contributed by atoms with Crippen LogP contribution in [0.3, 0.4) is 0 Å². The maximum absolute atomic E-state index is 12.7. The van der Waals surface area contributed by atoms with E-state index in [1.807, 2.05) is 0 Å². The number of benzene rings is 1. The first-order chi connectivity index (χ1) is 11.8. The SMILES string of the molecule is CO[C@@H]1CC[C@H](c2nc(C)nn2-c2ccc(C(F)(F)F)cc2)C[C@H]1N. The van der Waals surface area contributed by atoms with Crippen molar-refractivity contribution in [1.29, 1.82) is 0 Å². The van der Waals surface area contributed by atoms with E-state index in [9.17, 15) is 13.2 Å². The van der Waals surface area contributed by atoms with Crippen LogP contribution in [0.5, 0.6) is 0 Å². The lowest BCUT2D eigenvalue weighted by molar-refractivity contribution is -0.137. The van der Waals surface area contributed by atoms with Crippen LogP contribution >= 0.6 is 0 Å². The van der Waals surface area contributed by atoms with Gasteiger partial charge in [0.15, 0.2) is 0 Å². The normalized spacial score (nSPS) is 24.5. The van der Waals surface area contributed by atoms with E-state index in [1.165, 1.54) is 12.1 Å². The number of ether oxygens (including phenoxy) is 1. The van der Waals surface area contributed by atoms with Gasteiger partial charge in [0.1, 0.15) is 11.6 Å². The van der Waals surface area contributed by atoms with Crippen molar-refractivity contribution >= 4 is 0 Å². The molecule has 0 spiro atoms. The van der Waals surface area contributed by atoms with Crippen LogP contribution in [-0.4, -0.2) is 34.0 Å². The van der Waals surface area contributed by atoms with E-state index in [0.717, 1.165) is 30.8 Å². The Hall–Kier alpha value is -1.93. The van der Waals surface area contributed by atoms with E-state index >= 15 is 0 Å². The summed E-state index contributed by atoms with van der Waals surface area (Å²) in [5, 5.41) is 4.36. The Labute approximate surface area is 144 Å². The number of rotatable bonds is 3. The largest absolute Gasteiger partial charge is 0.416 e. The van der Waals surface area contributed by atoms with Gasteiger partial charge in [-0.25, -0.2) is 9.67 Å². The van der Waals surface area contributed by atoms with Crippen LogP contribution in [0.15, 0.2) is 24.3 Å². The van der Waals surface area contributed by atoms with Crippen molar-refractivity contribution in [3.05, 3.63) is 41.5 Å². The van der Waals surface area contributed by atoms with Crippen LogP contribution in [0.2, 0.25) is 0 Å². The number of halogens is 3. The van der Waals surface area contributed by atoms with E-state index in [0.29, 0.717) is 17.9 Å². The van der Waals surface area contributed by atoms with Crippen LogP contribution in [-0.2, 0) is 10.9 Å². The number of aryl methyl sites for hydroxylation is 1. The zero-order valence-electron chi connectivity index (χ0n) is 14.1. The predicted octanol–water partition coefficient (Wildman–Crippen LogP) is 3.20. The average molecular weight is 354 g/mol. The molecule has 0 bridgehead atoms. The standard InChI is InChI=1S/C17H21F3N4O/c1-10-22-16(11-3-8-15(25-2)14(21)9-11)24(23-10)13-6-4-12(5-7-13)17(18,19)20/h4-7,11,14-15H,3,8-9,21H2,1-2H3/t11-,14+,15+/m0/s1. The first-order valence-corrected chi connectivity index (χ1v) is 8.19. The molecule has 1 aliphatic carbocycles. The van der Waals surface area contributed by atoms with Gasteiger partial charge < -0.3 is 10.5 Å². The molecule has 5 nitrogen and oxygen atoms in total. The molecule has 0 unspecified atom stereocenters. The third-order valence-electron chi connectivity index (χ3n) is 4.68. The molecule has 1 aromatic carbocycles. The van der Waals surface area contributed by atoms with Crippen molar-refractivity contribution in [3.8, 4) is 5.69 Å². The molecule has 25 heavy (non-hydrogen) atoms. The monoisotopic (exact) mass is 354 g/mol. The Kier molecular flexibility index (Phi) is 4.83. The molecular weight excluding hydrogens is 333 g/mol. The zero-order chi connectivity index (χ0) is 18.2. The van der Waals surface area contributed by atoms with Gasteiger partial charge in [-0.15, -0.1) is 0 Å². The van der Waals surface area contributed by atoms with Crippen LogP contribution in [0.1, 0.15) is 42.4 Å². The second-order valence-corrected chi connectivity index (χ2v) is 6.42. The van der Waals surface area contributed by atoms with Gasteiger partial charge in [0, 0.05) is 19.1 Å². The highest BCUT2D eigenvalue weighted by Crippen LogP contribution is 2.34. The first kappa shape index (κ1) is 17.9. The van der Waals surface area contributed by atoms with Crippen LogP contribution in [0.4, 0.5) is 13.2 Å². The number of methoxy groups -OCH3 is 1. The summed E-state index contributed by atoms with van der Waals surface area (Å²) in [4.78, 5) is 4.50. The maximum Gasteiger partial charge on any atom is 0.416 e. The number of hydrogen-bond donors (Lipinski definition) is 1. The topological polar surface area (TPSA) is 66.0 Å². The van der Waals surface area contributed by atoms with Gasteiger partial charge in [-0.3, -0.25) is 0 Å². The molecule has 3 atom stereocenters. The lowest BCUT2D eigenvalue weighted by Crippen LogP contribution is -2.41. The maximum atomic E-state index is 12.7. The summed E-state index contributed by atoms with van der Waals surface area (Å²) in [6, 6.07) is 4.86. The van der Waals surface area contributed by atoms with Gasteiger partial charge >= 0.3 is 6.18 Å². The Morgan fingerprint density at radius 1 is 1.20 bits per heavy atom. The fourth-order valence-electron chi connectivity index (χ4n) is 3.38. The number of hydrogen-bond acceptors (Lipinski definition) is 4. The molecule has 0 aliphatic heterocycles. The predicted molar refractivity (Wildman–Crippen MR) is 86.5 cm³/mol. The second kappa shape index (κ2) is 6.76. The van der Waals surface area contributed by atoms with Crippen molar-refractivity contribution in [2.75, 3.05) is 7.11 Å². The molecule has 0 radical (unpaired) electrons. The molecular formula is C17H21F3N4O. The summed E-state index contributed by atoms with van der Waals surface area (Å²) in [7, 11) is 1.65. The van der Waals surface area contributed by atoms with Gasteiger partial charge in [-0.05, 0) is 50.5 Å². The highest BCUT2D eigenvalue weighted by atomic mass is 19.4. The summed E-state index contributed by atoms with van der Waals surface area (Å²) in [6.45, 7) is 1.77. The molecule has 1 aromatic heterocycles. The van der Waals surface area contributed by atoms with Gasteiger partial charge in [0.2, 0.25) is 0 Å². The molecule has 0 saturated heterocycles. The summed E-state index contributed by atoms with van der Waals surface area (Å²) in [5.74, 6) is 1.42. The molecule has 136 valence electrons. The number of nitrogens with zero attached hydrogens (tertiary/aromatic N) is 3. The minimum atomic E-state index is -4.36. The Morgan fingerprint density at radius 3 is 2.44 bits per heavy atom. The number of nitrogens with two attached hydrogens (primary N) is 1. The molecule has 1 heterocycles. The molecule has 1 saturated carbocycles. The Balaban J connectivity index is 1.89. The smallest absolute Gasteiger partial charge is 0.380 e. The molecule has 8 heteroatoms. The van der Waals surface area contributed by atoms with Gasteiger partial charge in [-0.2, -0.15) is 18.3 Å². The minimum Gasteiger partial charge on any atom is -0.380 e. The molecule has 0 amide bonds. The molecule has 1 aliphatic rings. The Bertz CT molecular complexity index is 726. The fourth-order valence-corrected chi connectivity index (χ4v) is 3.38. The molecule has 1 fully saturated rings. The third kappa shape index (κ3) is 3.69. The van der Waals surface area contributed by atoms with Crippen molar-refractivity contribution in [2.45, 2.75) is 50.4 Å². The highest BCUT2D eigenvalue weighted by Gasteiger charge is 2.33. The number of alkyl halides is 3. The lowest BCUT2D eigenvalue weighted by atomic mass is 9.83. The van der Waals surface area contributed by atoms with Crippen molar-refractivity contribution in [2.24, 2.45) is 5.73 Å². The number of aromatic nitrogens is 3. The quantitative estimate of drug-likeness (QED) is 0.919. The third-order valence-corrected chi connectivity index (χ3v) is 4.68. The van der Waals surface area contributed by atoms with Crippen molar-refractivity contribution in [1.82, 2.24) is 14.8 Å². The van der Waals surface area contributed by atoms with Crippen molar-refractivity contribution in [3.63, 3.8) is 0 Å². The van der Waals surface area contributed by atoms with E-state index in [-0.39, 0.29) is 18.1 Å². The van der Waals surface area contributed by atoms with Crippen molar-refractivity contribution < 1.29 is 17.9 Å². The first-order valence-electron chi connectivity index (χ1n) is 8.19. The summed E-state index contributed by atoms with van der Waals surface area (Å²) in [6.07, 6.45) is -1.95. The second-order valence-electron chi connectivity index (χ2n) is 6.42. The average Bonchev–Trinajstić information content (AvgIpc) is 2.96. The zero-order valence-corrected chi connectivity index (χ0v) is 14.1. The summed E-state index contributed by atoms with van der Waals surface area (Å²) < 4.78 is 45.3. The van der Waals surface area contributed by atoms with E-state index in [4.69, 9.17) is 10.5 Å². The van der Waals surface area contributed by atoms with E-state index in [2.05, 4.69) is 10.1 Å². The fraction of sp³-hybridized carbons (Fsp3) is 0.529. The summed E-state index contributed by atoms with van der Waals surface area (Å²) in [5.41, 5.74) is 6.05. The lowest BCUT2D eigenvalue weighted by Gasteiger charge is -2.32. The van der Waals surface area contributed by atoms with Gasteiger partial charge in [0.25, 0.3) is 0 Å². The Morgan fingerprint density at radius 2 is 1.88 bits per heavy atom. The van der Waals surface area contributed by atoms with Gasteiger partial charge in [-0.1, -0.05) is 0 Å². The van der Waals surface area contributed by atoms with E-state index < -0.39 is 11.7 Å². The summed E-state index contributed by atoms with van der Waals surface area (Å²) >= 11 is 0. The highest BCUT2D eigenvalue weighted by molar-refractivity contribution is 5.36. The molecule has 2 N–H and O–H groups in total. The molecule has 3 rings (SSSR count). The van der Waals surface area contributed by atoms with Crippen LogP contribution in [0.25, 0.3) is 5.69 Å².